The van der Waals surface area contributed by atoms with Gasteiger partial charge in [-0.3, -0.25) is 20.4 Å². The van der Waals surface area contributed by atoms with Crippen molar-refractivity contribution in [3.05, 3.63) is 72.3 Å². The average Bonchev–Trinajstić information content (AvgIpc) is 2.89. The van der Waals surface area contributed by atoms with Crippen molar-refractivity contribution >= 4 is 23.6 Å². The summed E-state index contributed by atoms with van der Waals surface area (Å²) < 4.78 is 16.5. The summed E-state index contributed by atoms with van der Waals surface area (Å²) in [5.74, 6) is 1.17. The number of carbonyl (C=O) groups excluding carboxylic acids is 2. The number of fused-ring (bicyclic) bond motifs is 1. The number of benzene rings is 3. The Bertz CT molecular complexity index is 1210. The molecule has 3 aromatic carbocycles. The Balaban J connectivity index is 1.17. The van der Waals surface area contributed by atoms with Crippen LogP contribution in [0.2, 0.25) is 0 Å². The highest BCUT2D eigenvalue weighted by atomic mass is 32.2. The molecule has 1 aliphatic rings. The van der Waals surface area contributed by atoms with Crippen LogP contribution in [0, 0.1) is 11.3 Å². The number of thioether (sulfide) groups is 1. The maximum atomic E-state index is 12.0. The normalized spacial score (nSPS) is 11.7. The highest BCUT2D eigenvalue weighted by molar-refractivity contribution is 8.00. The third kappa shape index (κ3) is 6.21. The van der Waals surface area contributed by atoms with Gasteiger partial charge in [0, 0.05) is 4.90 Å². The molecular formula is C25H21N3O5S. The van der Waals surface area contributed by atoms with Crippen molar-refractivity contribution in [3.8, 4) is 34.4 Å². The molecule has 0 saturated heterocycles. The predicted molar refractivity (Wildman–Crippen MR) is 127 cm³/mol. The fourth-order valence-corrected chi connectivity index (χ4v) is 3.83. The Morgan fingerprint density at radius 2 is 1.53 bits per heavy atom. The molecule has 1 aliphatic heterocycles. The van der Waals surface area contributed by atoms with Crippen molar-refractivity contribution in [2.45, 2.75) is 4.90 Å². The number of nitrogens with one attached hydrogen (secondary N) is 2. The zero-order chi connectivity index (χ0) is 23.8. The quantitative estimate of drug-likeness (QED) is 0.399. The van der Waals surface area contributed by atoms with Gasteiger partial charge in [-0.15, -0.1) is 11.8 Å². The topological polar surface area (TPSA) is 110 Å². The van der Waals surface area contributed by atoms with E-state index in [2.05, 4.69) is 16.9 Å². The maximum Gasteiger partial charge on any atom is 0.276 e. The van der Waals surface area contributed by atoms with Gasteiger partial charge in [0.15, 0.2) is 18.1 Å². The number of rotatable bonds is 7. The molecular weight excluding hydrogens is 454 g/mol. The Hall–Kier alpha value is -4.16. The number of nitrogens with zero attached hydrogens (tertiary/aromatic N) is 1. The zero-order valence-corrected chi connectivity index (χ0v) is 18.9. The lowest BCUT2D eigenvalue weighted by Gasteiger charge is -2.18. The smallest absolute Gasteiger partial charge is 0.276 e. The molecule has 0 aromatic heterocycles. The van der Waals surface area contributed by atoms with Crippen LogP contribution in [0.1, 0.15) is 5.56 Å². The van der Waals surface area contributed by atoms with E-state index in [1.54, 1.807) is 24.3 Å². The van der Waals surface area contributed by atoms with Crippen molar-refractivity contribution in [3.63, 3.8) is 0 Å². The van der Waals surface area contributed by atoms with Crippen molar-refractivity contribution in [1.29, 1.82) is 5.26 Å². The van der Waals surface area contributed by atoms with Crippen LogP contribution >= 0.6 is 11.8 Å². The van der Waals surface area contributed by atoms with Crippen LogP contribution in [0.3, 0.4) is 0 Å². The van der Waals surface area contributed by atoms with E-state index in [1.807, 2.05) is 42.5 Å². The van der Waals surface area contributed by atoms with Gasteiger partial charge in [-0.25, -0.2) is 0 Å². The summed E-state index contributed by atoms with van der Waals surface area (Å²) in [6, 6.07) is 22.1. The van der Waals surface area contributed by atoms with E-state index in [-0.39, 0.29) is 18.3 Å². The minimum atomic E-state index is -0.478. The highest BCUT2D eigenvalue weighted by Gasteiger charge is 2.13. The first kappa shape index (κ1) is 23.0. The minimum Gasteiger partial charge on any atom is -0.486 e. The van der Waals surface area contributed by atoms with E-state index in [4.69, 9.17) is 19.5 Å². The molecule has 34 heavy (non-hydrogen) atoms. The third-order valence-electron chi connectivity index (χ3n) is 4.80. The number of nitriles is 1. The van der Waals surface area contributed by atoms with E-state index in [1.165, 1.54) is 11.8 Å². The zero-order valence-electron chi connectivity index (χ0n) is 18.1. The Labute approximate surface area is 200 Å². The van der Waals surface area contributed by atoms with Crippen LogP contribution in [-0.4, -0.2) is 37.4 Å². The van der Waals surface area contributed by atoms with Gasteiger partial charge in [-0.2, -0.15) is 5.26 Å². The van der Waals surface area contributed by atoms with Crippen molar-refractivity contribution in [1.82, 2.24) is 10.9 Å². The monoisotopic (exact) mass is 475 g/mol. The fraction of sp³-hybridized carbons (Fsp3) is 0.160. The van der Waals surface area contributed by atoms with Gasteiger partial charge in [0.05, 0.1) is 17.4 Å². The lowest BCUT2D eigenvalue weighted by atomic mass is 10.0. The largest absolute Gasteiger partial charge is 0.486 e. The standard InChI is InChI=1S/C25H21N3O5S/c26-14-17-1-3-18(4-2-17)19-5-7-20(8-6-19)33-15-24(29)27-28-25(30)16-34-21-9-10-22-23(13-21)32-12-11-31-22/h1-10,13H,11-12,15-16H2,(H,27,29)(H,28,30). The number of amides is 2. The number of hydrazine groups is 1. The Morgan fingerprint density at radius 1 is 0.882 bits per heavy atom. The lowest BCUT2D eigenvalue weighted by Crippen LogP contribution is -2.44. The van der Waals surface area contributed by atoms with Crippen LogP contribution in [0.4, 0.5) is 0 Å². The van der Waals surface area contributed by atoms with Crippen molar-refractivity contribution in [2.24, 2.45) is 0 Å². The van der Waals surface area contributed by atoms with Gasteiger partial charge in [-0.05, 0) is 53.6 Å². The minimum absolute atomic E-state index is 0.123. The molecule has 0 fully saturated rings. The fourth-order valence-electron chi connectivity index (χ4n) is 3.10. The van der Waals surface area contributed by atoms with Gasteiger partial charge in [0.2, 0.25) is 5.91 Å². The molecule has 0 radical (unpaired) electrons. The van der Waals surface area contributed by atoms with Crippen molar-refractivity contribution < 1.29 is 23.8 Å². The number of hydrogen-bond acceptors (Lipinski definition) is 7. The lowest BCUT2D eigenvalue weighted by molar-refractivity contribution is -0.128. The van der Waals surface area contributed by atoms with Crippen LogP contribution in [0.25, 0.3) is 11.1 Å². The van der Waals surface area contributed by atoms with Gasteiger partial charge in [0.1, 0.15) is 19.0 Å². The molecule has 2 amide bonds. The summed E-state index contributed by atoms with van der Waals surface area (Å²) >= 11 is 1.32. The molecule has 0 bridgehead atoms. The third-order valence-corrected chi connectivity index (χ3v) is 5.79. The molecule has 0 unspecified atom stereocenters. The van der Waals surface area contributed by atoms with Gasteiger partial charge < -0.3 is 14.2 Å². The first-order chi connectivity index (χ1) is 16.6. The van der Waals surface area contributed by atoms with Crippen LogP contribution in [0.5, 0.6) is 17.2 Å². The van der Waals surface area contributed by atoms with Crippen molar-refractivity contribution in [2.75, 3.05) is 25.6 Å². The highest BCUT2D eigenvalue weighted by Crippen LogP contribution is 2.34. The average molecular weight is 476 g/mol. The van der Waals surface area contributed by atoms with E-state index in [9.17, 15) is 9.59 Å². The Morgan fingerprint density at radius 3 is 2.24 bits per heavy atom. The summed E-state index contributed by atoms with van der Waals surface area (Å²) in [5, 5.41) is 8.89. The summed E-state index contributed by atoms with van der Waals surface area (Å²) in [5.41, 5.74) is 7.25. The molecule has 0 atom stereocenters. The second-order valence-electron chi connectivity index (χ2n) is 7.19. The van der Waals surface area contributed by atoms with Gasteiger partial charge in [-0.1, -0.05) is 24.3 Å². The molecule has 0 saturated carbocycles. The molecule has 172 valence electrons. The molecule has 9 heteroatoms. The number of hydrogen-bond donors (Lipinski definition) is 2. The first-order valence-electron chi connectivity index (χ1n) is 10.4. The maximum absolute atomic E-state index is 12.0. The number of carbonyl (C=O) groups is 2. The number of ether oxygens (including phenoxy) is 3. The second-order valence-corrected chi connectivity index (χ2v) is 8.24. The summed E-state index contributed by atoms with van der Waals surface area (Å²) in [6.07, 6.45) is 0. The molecule has 3 aromatic rings. The van der Waals surface area contributed by atoms with Crippen LogP contribution in [-0.2, 0) is 9.59 Å². The molecule has 0 spiro atoms. The summed E-state index contributed by atoms with van der Waals surface area (Å²) in [6.45, 7) is 0.776. The van der Waals surface area contributed by atoms with E-state index in [0.29, 0.717) is 36.0 Å². The predicted octanol–water partition coefficient (Wildman–Crippen LogP) is 3.31. The van der Waals surface area contributed by atoms with Crippen LogP contribution < -0.4 is 25.1 Å². The summed E-state index contributed by atoms with van der Waals surface area (Å²) in [7, 11) is 0. The first-order valence-corrected chi connectivity index (χ1v) is 11.4. The SMILES string of the molecule is N#Cc1ccc(-c2ccc(OCC(=O)NNC(=O)CSc3ccc4c(c3)OCCO4)cc2)cc1. The molecule has 4 rings (SSSR count). The molecule has 1 heterocycles. The molecule has 0 aliphatic carbocycles. The van der Waals surface area contributed by atoms with Gasteiger partial charge >= 0.3 is 0 Å². The molecule has 2 N–H and O–H groups in total. The Kier molecular flexibility index (Phi) is 7.53. The second kappa shape index (κ2) is 11.1. The van der Waals surface area contributed by atoms with Gasteiger partial charge in [0.25, 0.3) is 5.91 Å². The van der Waals surface area contributed by atoms with E-state index < -0.39 is 5.91 Å². The van der Waals surface area contributed by atoms with E-state index in [0.717, 1.165) is 16.0 Å². The van der Waals surface area contributed by atoms with Crippen LogP contribution in [0.15, 0.2) is 71.6 Å². The van der Waals surface area contributed by atoms with E-state index >= 15 is 0 Å². The summed E-state index contributed by atoms with van der Waals surface area (Å²) in [4.78, 5) is 24.9. The molecule has 8 nitrogen and oxygen atoms in total.